The summed E-state index contributed by atoms with van der Waals surface area (Å²) in [4.78, 5) is 1.26. The molecule has 0 bridgehead atoms. The summed E-state index contributed by atoms with van der Waals surface area (Å²) in [6.45, 7) is 6.63. The minimum atomic E-state index is 0.227. The SMILES string of the molecule is Cc1ccc2c(c1C)NC(C)C(CO)S2. The number of hydrogen-bond donors (Lipinski definition) is 2. The summed E-state index contributed by atoms with van der Waals surface area (Å²) in [7, 11) is 0. The van der Waals surface area contributed by atoms with Gasteiger partial charge in [0.15, 0.2) is 0 Å². The molecule has 0 aliphatic carbocycles. The molecule has 2 rings (SSSR count). The molecule has 0 fully saturated rings. The highest BCUT2D eigenvalue weighted by molar-refractivity contribution is 8.00. The van der Waals surface area contributed by atoms with E-state index in [-0.39, 0.29) is 11.9 Å². The predicted molar refractivity (Wildman–Crippen MR) is 65.7 cm³/mol. The number of nitrogens with one attached hydrogen (secondary N) is 1. The van der Waals surface area contributed by atoms with Gasteiger partial charge in [0.05, 0.1) is 17.5 Å². The number of benzene rings is 1. The van der Waals surface area contributed by atoms with Crippen LogP contribution in [0.5, 0.6) is 0 Å². The first-order chi connectivity index (χ1) is 7.13. The molecule has 0 spiro atoms. The van der Waals surface area contributed by atoms with E-state index in [4.69, 9.17) is 0 Å². The Morgan fingerprint density at radius 3 is 2.80 bits per heavy atom. The quantitative estimate of drug-likeness (QED) is 0.767. The highest BCUT2D eigenvalue weighted by Gasteiger charge is 2.25. The van der Waals surface area contributed by atoms with Crippen LogP contribution in [0.2, 0.25) is 0 Å². The van der Waals surface area contributed by atoms with Crippen molar-refractivity contribution in [1.29, 1.82) is 0 Å². The second-order valence-corrected chi connectivity index (χ2v) is 5.43. The number of aliphatic hydroxyl groups is 1. The minimum Gasteiger partial charge on any atom is -0.395 e. The highest BCUT2D eigenvalue weighted by Crippen LogP contribution is 2.40. The highest BCUT2D eigenvalue weighted by atomic mass is 32.2. The maximum absolute atomic E-state index is 9.25. The van der Waals surface area contributed by atoms with Gasteiger partial charge in [-0.1, -0.05) is 6.07 Å². The van der Waals surface area contributed by atoms with Crippen molar-refractivity contribution in [3.05, 3.63) is 23.3 Å². The third-order valence-electron chi connectivity index (χ3n) is 3.09. The average Bonchev–Trinajstić information content (AvgIpc) is 2.24. The molecule has 1 aromatic carbocycles. The molecular formula is C12H17NOS. The van der Waals surface area contributed by atoms with E-state index in [2.05, 4.69) is 38.2 Å². The predicted octanol–water partition coefficient (Wildman–Crippen LogP) is 2.57. The topological polar surface area (TPSA) is 32.3 Å². The number of hydrogen-bond acceptors (Lipinski definition) is 3. The normalized spacial score (nSPS) is 24.5. The number of aryl methyl sites for hydroxylation is 1. The van der Waals surface area contributed by atoms with E-state index >= 15 is 0 Å². The van der Waals surface area contributed by atoms with Crippen molar-refractivity contribution < 1.29 is 5.11 Å². The van der Waals surface area contributed by atoms with Crippen LogP contribution >= 0.6 is 11.8 Å². The summed E-state index contributed by atoms with van der Waals surface area (Å²) >= 11 is 1.78. The summed E-state index contributed by atoms with van der Waals surface area (Å²) in [5.41, 5.74) is 3.89. The third-order valence-corrected chi connectivity index (χ3v) is 4.54. The summed E-state index contributed by atoms with van der Waals surface area (Å²) < 4.78 is 0. The van der Waals surface area contributed by atoms with E-state index in [9.17, 15) is 5.11 Å². The van der Waals surface area contributed by atoms with Gasteiger partial charge in [0.2, 0.25) is 0 Å². The van der Waals surface area contributed by atoms with Crippen LogP contribution < -0.4 is 5.32 Å². The number of rotatable bonds is 1. The van der Waals surface area contributed by atoms with Gasteiger partial charge < -0.3 is 10.4 Å². The molecule has 0 amide bonds. The van der Waals surface area contributed by atoms with Gasteiger partial charge in [-0.25, -0.2) is 0 Å². The molecule has 2 unspecified atom stereocenters. The fourth-order valence-corrected chi connectivity index (χ4v) is 3.00. The molecule has 0 saturated carbocycles. The molecule has 1 aliphatic rings. The van der Waals surface area contributed by atoms with Crippen molar-refractivity contribution in [3.63, 3.8) is 0 Å². The first kappa shape index (κ1) is 10.8. The smallest absolute Gasteiger partial charge is 0.0573 e. The van der Waals surface area contributed by atoms with Crippen molar-refractivity contribution >= 4 is 17.4 Å². The van der Waals surface area contributed by atoms with E-state index in [0.717, 1.165) is 0 Å². The number of aliphatic hydroxyl groups excluding tert-OH is 1. The van der Waals surface area contributed by atoms with Crippen LogP contribution in [0.15, 0.2) is 17.0 Å². The van der Waals surface area contributed by atoms with Crippen LogP contribution in [0.4, 0.5) is 5.69 Å². The van der Waals surface area contributed by atoms with Crippen LogP contribution in [-0.2, 0) is 0 Å². The molecule has 1 heterocycles. The fraction of sp³-hybridized carbons (Fsp3) is 0.500. The van der Waals surface area contributed by atoms with E-state index in [1.54, 1.807) is 11.8 Å². The van der Waals surface area contributed by atoms with Gasteiger partial charge in [-0.15, -0.1) is 11.8 Å². The van der Waals surface area contributed by atoms with Gasteiger partial charge in [-0.05, 0) is 38.0 Å². The lowest BCUT2D eigenvalue weighted by atomic mass is 10.1. The molecule has 1 aromatic rings. The van der Waals surface area contributed by atoms with Crippen molar-refractivity contribution in [2.75, 3.05) is 11.9 Å². The maximum atomic E-state index is 9.25. The van der Waals surface area contributed by atoms with Crippen LogP contribution in [0.1, 0.15) is 18.1 Å². The largest absolute Gasteiger partial charge is 0.395 e. The number of thioether (sulfide) groups is 1. The zero-order valence-electron chi connectivity index (χ0n) is 9.37. The first-order valence-electron chi connectivity index (χ1n) is 5.27. The van der Waals surface area contributed by atoms with Crippen molar-refractivity contribution in [1.82, 2.24) is 0 Å². The lowest BCUT2D eigenvalue weighted by Crippen LogP contribution is -2.34. The third kappa shape index (κ3) is 1.86. The van der Waals surface area contributed by atoms with Gasteiger partial charge in [0.25, 0.3) is 0 Å². The molecule has 15 heavy (non-hydrogen) atoms. The van der Waals surface area contributed by atoms with Crippen LogP contribution in [0.3, 0.4) is 0 Å². The van der Waals surface area contributed by atoms with E-state index in [1.807, 2.05) is 0 Å². The molecule has 2 N–H and O–H groups in total. The van der Waals surface area contributed by atoms with Crippen molar-refractivity contribution in [2.45, 2.75) is 37.0 Å². The Morgan fingerprint density at radius 2 is 2.13 bits per heavy atom. The van der Waals surface area contributed by atoms with Gasteiger partial charge in [0, 0.05) is 10.9 Å². The van der Waals surface area contributed by atoms with Gasteiger partial charge >= 0.3 is 0 Å². The summed E-state index contributed by atoms with van der Waals surface area (Å²) in [5, 5.41) is 13.0. The number of fused-ring (bicyclic) bond motifs is 1. The van der Waals surface area contributed by atoms with Gasteiger partial charge in [-0.2, -0.15) is 0 Å². The average molecular weight is 223 g/mol. The number of anilines is 1. The second kappa shape index (κ2) is 4.06. The Morgan fingerprint density at radius 1 is 1.40 bits per heavy atom. The lowest BCUT2D eigenvalue weighted by Gasteiger charge is -2.32. The zero-order valence-corrected chi connectivity index (χ0v) is 10.2. The van der Waals surface area contributed by atoms with Crippen LogP contribution in [-0.4, -0.2) is 23.0 Å². The van der Waals surface area contributed by atoms with Crippen molar-refractivity contribution in [2.24, 2.45) is 0 Å². The fourth-order valence-electron chi connectivity index (χ4n) is 1.85. The second-order valence-electron chi connectivity index (χ2n) is 4.15. The Hall–Kier alpha value is -0.670. The van der Waals surface area contributed by atoms with Crippen molar-refractivity contribution in [3.8, 4) is 0 Å². The Labute approximate surface area is 95.1 Å². The summed E-state index contributed by atoms with van der Waals surface area (Å²) in [5.74, 6) is 0. The zero-order chi connectivity index (χ0) is 11.0. The molecule has 1 aliphatic heterocycles. The van der Waals surface area contributed by atoms with Gasteiger partial charge in [0.1, 0.15) is 0 Å². The van der Waals surface area contributed by atoms with Gasteiger partial charge in [-0.3, -0.25) is 0 Å². The standard InChI is InChI=1S/C12H17NOS/c1-7-4-5-10-12(8(7)2)13-9(3)11(6-14)15-10/h4-5,9,11,13-14H,6H2,1-3H3. The van der Waals surface area contributed by atoms with E-state index in [1.165, 1.54) is 21.7 Å². The Kier molecular flexibility index (Phi) is 2.94. The maximum Gasteiger partial charge on any atom is 0.0573 e. The van der Waals surface area contributed by atoms with Crippen LogP contribution in [0.25, 0.3) is 0 Å². The van der Waals surface area contributed by atoms with E-state index in [0.29, 0.717) is 6.04 Å². The molecule has 2 nitrogen and oxygen atoms in total. The molecule has 3 heteroatoms. The first-order valence-corrected chi connectivity index (χ1v) is 6.15. The molecular weight excluding hydrogens is 206 g/mol. The Balaban J connectivity index is 2.40. The van der Waals surface area contributed by atoms with E-state index < -0.39 is 0 Å². The summed E-state index contributed by atoms with van der Waals surface area (Å²) in [6, 6.07) is 4.62. The molecule has 0 aromatic heterocycles. The molecule has 2 atom stereocenters. The molecule has 82 valence electrons. The lowest BCUT2D eigenvalue weighted by molar-refractivity contribution is 0.287. The van der Waals surface area contributed by atoms with Crippen LogP contribution in [0, 0.1) is 13.8 Å². The molecule has 0 radical (unpaired) electrons. The Bertz CT molecular complexity index is 378. The minimum absolute atomic E-state index is 0.227. The monoisotopic (exact) mass is 223 g/mol. The summed E-state index contributed by atoms with van der Waals surface area (Å²) in [6.07, 6.45) is 0. The molecule has 0 saturated heterocycles.